The zero-order valence-corrected chi connectivity index (χ0v) is 18.9. The minimum absolute atomic E-state index is 0.188. The van der Waals surface area contributed by atoms with Crippen LogP contribution in [0.1, 0.15) is 60.8 Å². The summed E-state index contributed by atoms with van der Waals surface area (Å²) in [4.78, 5) is 22.3. The van der Waals surface area contributed by atoms with Crippen LogP contribution in [-0.4, -0.2) is 70.1 Å². The molecular formula is C21H41NO6. The van der Waals surface area contributed by atoms with E-state index in [4.69, 9.17) is 18.9 Å². The fraction of sp³-hybridized carbons (Fsp3) is 0.905. The van der Waals surface area contributed by atoms with Gasteiger partial charge in [-0.1, -0.05) is 20.8 Å². The van der Waals surface area contributed by atoms with Gasteiger partial charge in [0.05, 0.1) is 45.0 Å². The van der Waals surface area contributed by atoms with E-state index in [2.05, 4.69) is 26.1 Å². The minimum atomic E-state index is -0.547. The Morgan fingerprint density at radius 2 is 1.43 bits per heavy atom. The maximum Gasteiger partial charge on any atom is 0.308 e. The fourth-order valence-corrected chi connectivity index (χ4v) is 2.20. The molecule has 0 aliphatic rings. The van der Waals surface area contributed by atoms with Crippen molar-refractivity contribution < 1.29 is 28.5 Å². The highest BCUT2D eigenvalue weighted by Gasteiger charge is 2.30. The number of rotatable bonds is 15. The van der Waals surface area contributed by atoms with Crippen molar-refractivity contribution in [1.29, 1.82) is 0 Å². The summed E-state index contributed by atoms with van der Waals surface area (Å²) < 4.78 is 22.5. The molecule has 0 spiro atoms. The number of nitrogens with one attached hydrogen (secondary N) is 1. The van der Waals surface area contributed by atoms with Crippen LogP contribution in [0.15, 0.2) is 0 Å². The lowest BCUT2D eigenvalue weighted by molar-refractivity contribution is -0.156. The number of carbonyl (C=O) groups excluding carboxylic acids is 2. The van der Waals surface area contributed by atoms with Crippen LogP contribution in [0.3, 0.4) is 0 Å². The molecular weight excluding hydrogens is 362 g/mol. The first-order chi connectivity index (χ1) is 12.9. The molecule has 0 aromatic heterocycles. The molecule has 0 aliphatic carbocycles. The van der Waals surface area contributed by atoms with E-state index in [9.17, 15) is 9.59 Å². The molecule has 0 aromatic rings. The third-order valence-electron chi connectivity index (χ3n) is 3.91. The van der Waals surface area contributed by atoms with Crippen molar-refractivity contribution in [1.82, 2.24) is 5.32 Å². The Morgan fingerprint density at radius 3 is 1.89 bits per heavy atom. The molecule has 0 aliphatic heterocycles. The summed E-state index contributed by atoms with van der Waals surface area (Å²) >= 11 is 0. The van der Waals surface area contributed by atoms with Gasteiger partial charge in [-0.05, 0) is 39.7 Å². The summed E-state index contributed by atoms with van der Waals surface area (Å²) in [6, 6.07) is 0. The number of hydrogen-bond donors (Lipinski definition) is 1. The Morgan fingerprint density at radius 1 is 0.893 bits per heavy atom. The number of ether oxygens (including phenoxy) is 4. The first-order valence-electron chi connectivity index (χ1n) is 10.0. The third kappa shape index (κ3) is 15.0. The summed E-state index contributed by atoms with van der Waals surface area (Å²) in [6.07, 6.45) is 2.31. The lowest BCUT2D eigenvalue weighted by Crippen LogP contribution is -2.55. The van der Waals surface area contributed by atoms with Crippen molar-refractivity contribution in [2.45, 2.75) is 71.9 Å². The Labute approximate surface area is 170 Å². The molecule has 166 valence electrons. The van der Waals surface area contributed by atoms with Gasteiger partial charge in [0.2, 0.25) is 0 Å². The third-order valence-corrected chi connectivity index (χ3v) is 3.91. The molecule has 28 heavy (non-hydrogen) atoms. The molecule has 1 unspecified atom stereocenters. The van der Waals surface area contributed by atoms with Gasteiger partial charge in [-0.25, -0.2) is 0 Å². The number of aldehydes is 1. The first kappa shape index (κ1) is 27.0. The molecule has 7 heteroatoms. The largest absolute Gasteiger partial charge is 0.460 e. The van der Waals surface area contributed by atoms with E-state index in [1.807, 2.05) is 27.8 Å². The minimum Gasteiger partial charge on any atom is -0.460 e. The van der Waals surface area contributed by atoms with E-state index < -0.39 is 11.1 Å². The van der Waals surface area contributed by atoms with Gasteiger partial charge in [0.1, 0.15) is 11.9 Å². The maximum atomic E-state index is 11.8. The van der Waals surface area contributed by atoms with E-state index in [1.54, 1.807) is 0 Å². The Bertz CT molecular complexity index is 441. The molecule has 1 atom stereocenters. The predicted molar refractivity (Wildman–Crippen MR) is 109 cm³/mol. The second-order valence-electron chi connectivity index (χ2n) is 9.29. The molecule has 0 bridgehead atoms. The van der Waals surface area contributed by atoms with Crippen molar-refractivity contribution in [3.05, 3.63) is 0 Å². The molecule has 0 saturated heterocycles. The topological polar surface area (TPSA) is 83.1 Å². The molecule has 0 fully saturated rings. The van der Waals surface area contributed by atoms with Crippen molar-refractivity contribution in [2.75, 3.05) is 46.7 Å². The van der Waals surface area contributed by atoms with Crippen molar-refractivity contribution in [2.24, 2.45) is 5.41 Å². The zero-order valence-electron chi connectivity index (χ0n) is 18.9. The van der Waals surface area contributed by atoms with Crippen LogP contribution >= 0.6 is 0 Å². The van der Waals surface area contributed by atoms with Gasteiger partial charge in [-0.15, -0.1) is 0 Å². The van der Waals surface area contributed by atoms with Gasteiger partial charge < -0.3 is 29.1 Å². The standard InChI is InChI=1S/C21H41NO6/c1-19(2,3)10-14-27-17-21(22-7,15-25-12-8-11-23)16-26-13-9-18(24)28-20(4,5)6/h11,22H,8-10,12-17H2,1-7H3. The fourth-order valence-electron chi connectivity index (χ4n) is 2.20. The Balaban J connectivity index is 4.55. The van der Waals surface area contributed by atoms with Crippen molar-refractivity contribution >= 4 is 12.3 Å². The van der Waals surface area contributed by atoms with Gasteiger partial charge in [0.15, 0.2) is 0 Å². The second kappa shape index (κ2) is 13.2. The van der Waals surface area contributed by atoms with E-state index in [-0.39, 0.29) is 24.4 Å². The first-order valence-corrected chi connectivity index (χ1v) is 10.0. The van der Waals surface area contributed by atoms with Crippen molar-refractivity contribution in [3.63, 3.8) is 0 Å². The predicted octanol–water partition coefficient (Wildman–Crippen LogP) is 2.75. The van der Waals surface area contributed by atoms with Crippen LogP contribution < -0.4 is 5.32 Å². The number of carbonyl (C=O) groups is 2. The summed E-state index contributed by atoms with van der Waals surface area (Å²) in [7, 11) is 1.83. The number of likely N-dealkylation sites (N-methyl/N-ethyl adjacent to an activating group) is 1. The average molecular weight is 404 g/mol. The lowest BCUT2D eigenvalue weighted by atomic mass is 9.93. The quantitative estimate of drug-likeness (QED) is 0.256. The molecule has 0 radical (unpaired) electrons. The van der Waals surface area contributed by atoms with E-state index in [1.165, 1.54) is 0 Å². The Hall–Kier alpha value is -1.02. The van der Waals surface area contributed by atoms with Crippen LogP contribution in [0.5, 0.6) is 0 Å². The smallest absolute Gasteiger partial charge is 0.308 e. The van der Waals surface area contributed by atoms with E-state index in [0.717, 1.165) is 12.7 Å². The zero-order chi connectivity index (χ0) is 21.7. The molecule has 0 rings (SSSR count). The highest BCUT2D eigenvalue weighted by atomic mass is 16.6. The molecule has 0 amide bonds. The van der Waals surface area contributed by atoms with E-state index >= 15 is 0 Å². The van der Waals surface area contributed by atoms with Crippen LogP contribution in [0.4, 0.5) is 0 Å². The number of esters is 1. The van der Waals surface area contributed by atoms with Crippen LogP contribution in [0, 0.1) is 5.41 Å². The summed E-state index contributed by atoms with van der Waals surface area (Å²) in [6.45, 7) is 14.4. The normalized spacial score (nSPS) is 14.5. The van der Waals surface area contributed by atoms with Gasteiger partial charge in [-0.2, -0.15) is 0 Å². The van der Waals surface area contributed by atoms with E-state index in [0.29, 0.717) is 39.5 Å². The SMILES string of the molecule is CNC(COCCC=O)(COCCC(=O)OC(C)(C)C)COCCC(C)(C)C. The van der Waals surface area contributed by atoms with Gasteiger partial charge in [-0.3, -0.25) is 4.79 Å². The summed E-state index contributed by atoms with van der Waals surface area (Å²) in [5, 5.41) is 3.24. The second-order valence-corrected chi connectivity index (χ2v) is 9.29. The summed E-state index contributed by atoms with van der Waals surface area (Å²) in [5.74, 6) is -0.286. The monoisotopic (exact) mass is 403 g/mol. The molecule has 0 heterocycles. The van der Waals surface area contributed by atoms with Crippen molar-refractivity contribution in [3.8, 4) is 0 Å². The number of hydrogen-bond acceptors (Lipinski definition) is 7. The highest BCUT2D eigenvalue weighted by molar-refractivity contribution is 5.69. The average Bonchev–Trinajstić information content (AvgIpc) is 2.56. The molecule has 1 N–H and O–H groups in total. The molecule has 0 aromatic carbocycles. The van der Waals surface area contributed by atoms with Crippen LogP contribution in [0.2, 0.25) is 0 Å². The molecule has 7 nitrogen and oxygen atoms in total. The highest BCUT2D eigenvalue weighted by Crippen LogP contribution is 2.18. The maximum absolute atomic E-state index is 11.8. The van der Waals surface area contributed by atoms with Gasteiger partial charge in [0, 0.05) is 13.0 Å². The molecule has 0 saturated carbocycles. The van der Waals surface area contributed by atoms with Gasteiger partial charge in [0.25, 0.3) is 0 Å². The van der Waals surface area contributed by atoms with Crippen LogP contribution in [-0.2, 0) is 28.5 Å². The Kier molecular flexibility index (Phi) is 12.8. The lowest BCUT2D eigenvalue weighted by Gasteiger charge is -2.33. The van der Waals surface area contributed by atoms with Gasteiger partial charge >= 0.3 is 5.97 Å². The summed E-state index contributed by atoms with van der Waals surface area (Å²) in [5.41, 5.74) is -0.847. The van der Waals surface area contributed by atoms with Crippen LogP contribution in [0.25, 0.3) is 0 Å².